The van der Waals surface area contributed by atoms with Crippen LogP contribution in [0.3, 0.4) is 0 Å². The van der Waals surface area contributed by atoms with E-state index in [0.717, 1.165) is 0 Å². The van der Waals surface area contributed by atoms with Gasteiger partial charge >= 0.3 is 0 Å². The van der Waals surface area contributed by atoms with E-state index in [4.69, 9.17) is 0 Å². The lowest BCUT2D eigenvalue weighted by molar-refractivity contribution is 0.503. The lowest BCUT2D eigenvalue weighted by Gasteiger charge is -2.27. The molecule has 0 aliphatic rings. The number of nitrogens with one attached hydrogen (secondary N) is 1. The van der Waals surface area contributed by atoms with Crippen LogP contribution in [-0.2, 0) is 5.41 Å². The summed E-state index contributed by atoms with van der Waals surface area (Å²) in [5.74, 6) is 0. The molecule has 15 heavy (non-hydrogen) atoms. The van der Waals surface area contributed by atoms with Crippen LogP contribution in [0.25, 0.3) is 0 Å². The van der Waals surface area contributed by atoms with E-state index in [0.29, 0.717) is 0 Å². The van der Waals surface area contributed by atoms with Gasteiger partial charge in [-0.2, -0.15) is 0 Å². The molecule has 0 unspecified atom stereocenters. The zero-order valence-electron chi connectivity index (χ0n) is 10.9. The Kier molecular flexibility index (Phi) is 3.43. The van der Waals surface area contributed by atoms with Gasteiger partial charge in [-0.1, -0.05) is 20.8 Å². The standard InChI is InChI=1S/C14H23N/c1-7-14(4,5)13-9-12(15-6)8-10(2)11(13)3/h8-9,15H,7H2,1-6H3. The summed E-state index contributed by atoms with van der Waals surface area (Å²) < 4.78 is 0. The minimum Gasteiger partial charge on any atom is -0.388 e. The maximum absolute atomic E-state index is 3.23. The second kappa shape index (κ2) is 4.26. The SMILES string of the molecule is CCC(C)(C)c1cc(NC)cc(C)c1C. The van der Waals surface area contributed by atoms with E-state index in [9.17, 15) is 0 Å². The summed E-state index contributed by atoms with van der Waals surface area (Å²) in [4.78, 5) is 0. The molecule has 1 rings (SSSR count). The molecule has 0 aromatic heterocycles. The average Bonchev–Trinajstić information content (AvgIpc) is 2.21. The first-order valence-corrected chi connectivity index (χ1v) is 5.72. The number of rotatable bonds is 3. The minimum absolute atomic E-state index is 0.266. The quantitative estimate of drug-likeness (QED) is 0.785. The smallest absolute Gasteiger partial charge is 0.0343 e. The molecule has 0 amide bonds. The summed E-state index contributed by atoms with van der Waals surface area (Å²) in [5, 5.41) is 3.23. The highest BCUT2D eigenvalue weighted by Gasteiger charge is 2.21. The van der Waals surface area contributed by atoms with E-state index in [-0.39, 0.29) is 5.41 Å². The molecule has 1 heteroatoms. The monoisotopic (exact) mass is 205 g/mol. The van der Waals surface area contributed by atoms with Gasteiger partial charge in [-0.25, -0.2) is 0 Å². The Labute approximate surface area is 93.9 Å². The molecule has 0 aliphatic heterocycles. The second-order valence-electron chi connectivity index (χ2n) is 4.95. The number of benzene rings is 1. The van der Waals surface area contributed by atoms with Gasteiger partial charge in [0, 0.05) is 12.7 Å². The van der Waals surface area contributed by atoms with Crippen LogP contribution in [0.2, 0.25) is 0 Å². The fourth-order valence-electron chi connectivity index (χ4n) is 1.90. The Balaban J connectivity index is 3.34. The van der Waals surface area contributed by atoms with Gasteiger partial charge in [0.2, 0.25) is 0 Å². The third-order valence-corrected chi connectivity index (χ3v) is 3.57. The number of hydrogen-bond donors (Lipinski definition) is 1. The van der Waals surface area contributed by atoms with Crippen LogP contribution in [-0.4, -0.2) is 7.05 Å². The molecule has 1 N–H and O–H groups in total. The van der Waals surface area contributed by atoms with Gasteiger partial charge in [0.05, 0.1) is 0 Å². The van der Waals surface area contributed by atoms with Crippen molar-refractivity contribution in [1.82, 2.24) is 0 Å². The Morgan fingerprint density at radius 2 is 1.80 bits per heavy atom. The molecule has 1 nitrogen and oxygen atoms in total. The molecule has 0 saturated heterocycles. The van der Waals surface area contributed by atoms with Gasteiger partial charge in [-0.3, -0.25) is 0 Å². The predicted molar refractivity (Wildman–Crippen MR) is 68.8 cm³/mol. The van der Waals surface area contributed by atoms with E-state index in [2.05, 4.69) is 52.1 Å². The van der Waals surface area contributed by atoms with Crippen LogP contribution in [0.1, 0.15) is 43.9 Å². The average molecular weight is 205 g/mol. The van der Waals surface area contributed by atoms with Crippen LogP contribution >= 0.6 is 0 Å². The second-order valence-corrected chi connectivity index (χ2v) is 4.95. The van der Waals surface area contributed by atoms with Gasteiger partial charge in [-0.05, 0) is 54.5 Å². The van der Waals surface area contributed by atoms with Crippen molar-refractivity contribution in [2.24, 2.45) is 0 Å². The van der Waals surface area contributed by atoms with Crippen LogP contribution in [0.5, 0.6) is 0 Å². The first kappa shape index (κ1) is 12.1. The summed E-state index contributed by atoms with van der Waals surface area (Å²) in [7, 11) is 1.98. The maximum atomic E-state index is 3.23. The Morgan fingerprint density at radius 1 is 1.20 bits per heavy atom. The van der Waals surface area contributed by atoms with Gasteiger partial charge in [0.1, 0.15) is 0 Å². The van der Waals surface area contributed by atoms with Crippen LogP contribution < -0.4 is 5.32 Å². The van der Waals surface area contributed by atoms with Crippen molar-refractivity contribution < 1.29 is 0 Å². The topological polar surface area (TPSA) is 12.0 Å². The van der Waals surface area contributed by atoms with Crippen LogP contribution in [0.4, 0.5) is 5.69 Å². The minimum atomic E-state index is 0.266. The lowest BCUT2D eigenvalue weighted by Crippen LogP contribution is -2.18. The van der Waals surface area contributed by atoms with E-state index < -0.39 is 0 Å². The zero-order chi connectivity index (χ0) is 11.6. The lowest BCUT2D eigenvalue weighted by atomic mass is 9.78. The van der Waals surface area contributed by atoms with Crippen molar-refractivity contribution in [2.75, 3.05) is 12.4 Å². The third kappa shape index (κ3) is 2.34. The Hall–Kier alpha value is -0.980. The summed E-state index contributed by atoms with van der Waals surface area (Å²) in [6.45, 7) is 11.3. The Morgan fingerprint density at radius 3 is 2.27 bits per heavy atom. The number of hydrogen-bond acceptors (Lipinski definition) is 1. The molecular weight excluding hydrogens is 182 g/mol. The molecular formula is C14H23N. The molecule has 0 fully saturated rings. The van der Waals surface area contributed by atoms with Gasteiger partial charge in [0.15, 0.2) is 0 Å². The summed E-state index contributed by atoms with van der Waals surface area (Å²) in [6.07, 6.45) is 1.17. The molecule has 0 saturated carbocycles. The summed E-state index contributed by atoms with van der Waals surface area (Å²) in [5.41, 5.74) is 5.75. The maximum Gasteiger partial charge on any atom is 0.0343 e. The van der Waals surface area contributed by atoms with E-state index in [1.165, 1.54) is 28.8 Å². The highest BCUT2D eigenvalue weighted by molar-refractivity contribution is 5.53. The van der Waals surface area contributed by atoms with Crippen molar-refractivity contribution >= 4 is 5.69 Å². The Bertz CT molecular complexity index is 351. The van der Waals surface area contributed by atoms with Crippen molar-refractivity contribution in [1.29, 1.82) is 0 Å². The molecule has 1 aromatic carbocycles. The fraction of sp³-hybridized carbons (Fsp3) is 0.571. The molecule has 0 bridgehead atoms. The van der Waals surface area contributed by atoms with Crippen molar-refractivity contribution in [3.8, 4) is 0 Å². The first-order valence-electron chi connectivity index (χ1n) is 5.72. The number of aryl methyl sites for hydroxylation is 1. The van der Waals surface area contributed by atoms with E-state index in [1.807, 2.05) is 7.05 Å². The van der Waals surface area contributed by atoms with Gasteiger partial charge in [0.25, 0.3) is 0 Å². The predicted octanol–water partition coefficient (Wildman–Crippen LogP) is 4.03. The molecule has 0 spiro atoms. The van der Waals surface area contributed by atoms with Crippen molar-refractivity contribution in [3.63, 3.8) is 0 Å². The highest BCUT2D eigenvalue weighted by Crippen LogP contribution is 2.33. The fourth-order valence-corrected chi connectivity index (χ4v) is 1.90. The van der Waals surface area contributed by atoms with Crippen LogP contribution in [0.15, 0.2) is 12.1 Å². The molecule has 84 valence electrons. The van der Waals surface area contributed by atoms with E-state index in [1.54, 1.807) is 0 Å². The van der Waals surface area contributed by atoms with Crippen molar-refractivity contribution in [3.05, 3.63) is 28.8 Å². The first-order chi connectivity index (χ1) is 6.92. The van der Waals surface area contributed by atoms with Gasteiger partial charge in [-0.15, -0.1) is 0 Å². The molecule has 0 heterocycles. The molecule has 0 atom stereocenters. The largest absolute Gasteiger partial charge is 0.388 e. The van der Waals surface area contributed by atoms with Crippen molar-refractivity contribution in [2.45, 2.75) is 46.5 Å². The van der Waals surface area contributed by atoms with Gasteiger partial charge < -0.3 is 5.32 Å². The molecule has 0 aliphatic carbocycles. The number of anilines is 1. The third-order valence-electron chi connectivity index (χ3n) is 3.57. The summed E-state index contributed by atoms with van der Waals surface area (Å²) in [6, 6.07) is 4.50. The highest BCUT2D eigenvalue weighted by atomic mass is 14.8. The molecule has 1 aromatic rings. The normalized spacial score (nSPS) is 11.6. The molecule has 0 radical (unpaired) electrons. The van der Waals surface area contributed by atoms with E-state index >= 15 is 0 Å². The zero-order valence-corrected chi connectivity index (χ0v) is 10.9. The van der Waals surface area contributed by atoms with Crippen LogP contribution in [0, 0.1) is 13.8 Å². The summed E-state index contributed by atoms with van der Waals surface area (Å²) >= 11 is 0.